The van der Waals surface area contributed by atoms with E-state index in [1.165, 1.54) is 12.1 Å². The van der Waals surface area contributed by atoms with Crippen LogP contribution < -0.4 is 10.1 Å². The molecule has 3 aromatic heterocycles. The van der Waals surface area contributed by atoms with Gasteiger partial charge in [-0.2, -0.15) is 10.4 Å². The molecule has 3 aliphatic heterocycles. The molecule has 1 saturated carbocycles. The fraction of sp³-hybridized carbons (Fsp3) is 0.395. The summed E-state index contributed by atoms with van der Waals surface area (Å²) in [5, 5.41) is 20.7. The Labute approximate surface area is 318 Å². The monoisotopic (exact) mass is 742 g/mol. The first kappa shape index (κ1) is 35.3. The smallest absolute Gasteiger partial charge is 0.272 e. The third-order valence-electron chi connectivity index (χ3n) is 12.3. The maximum absolute atomic E-state index is 17.9. The average molecular weight is 743 g/mol. The van der Waals surface area contributed by atoms with Gasteiger partial charge in [0.1, 0.15) is 23.1 Å². The number of halogens is 2. The number of ether oxygens (including phenoxy) is 1. The van der Waals surface area contributed by atoms with Gasteiger partial charge in [0.2, 0.25) is 5.88 Å². The number of fused-ring (bicyclic) bond motifs is 5. The molecule has 1 unspecified atom stereocenters. The lowest BCUT2D eigenvalue weighted by Crippen LogP contribution is -2.39. The van der Waals surface area contributed by atoms with Crippen LogP contribution >= 0.6 is 0 Å². The predicted octanol–water partition coefficient (Wildman–Crippen LogP) is 7.24. The molecule has 282 valence electrons. The molecule has 0 radical (unpaired) electrons. The van der Waals surface area contributed by atoms with Gasteiger partial charge in [-0.25, -0.2) is 13.8 Å². The number of hydrogen-bond acceptors (Lipinski definition) is 7. The van der Waals surface area contributed by atoms with E-state index >= 15 is 4.39 Å². The highest BCUT2D eigenvalue weighted by atomic mass is 19.1. The normalized spacial score (nSPS) is 21.3. The van der Waals surface area contributed by atoms with Crippen LogP contribution in [0.25, 0.3) is 55.0 Å². The van der Waals surface area contributed by atoms with E-state index in [0.717, 1.165) is 54.3 Å². The van der Waals surface area contributed by atoms with Crippen LogP contribution in [-0.2, 0) is 13.5 Å². The van der Waals surface area contributed by atoms with Crippen molar-refractivity contribution in [3.05, 3.63) is 77.6 Å². The topological polar surface area (TPSA) is 104 Å². The van der Waals surface area contributed by atoms with Crippen molar-refractivity contribution in [2.24, 2.45) is 13.0 Å². The Morgan fingerprint density at radius 3 is 2.65 bits per heavy atom. The lowest BCUT2D eigenvalue weighted by Gasteiger charge is -2.38. The molecule has 10 rings (SSSR count). The largest absolute Gasteiger partial charge is 0.472 e. The van der Waals surface area contributed by atoms with E-state index in [-0.39, 0.29) is 48.5 Å². The fourth-order valence-corrected chi connectivity index (χ4v) is 9.57. The minimum Gasteiger partial charge on any atom is -0.472 e. The molecule has 6 heterocycles. The van der Waals surface area contributed by atoms with Gasteiger partial charge in [-0.05, 0) is 98.3 Å². The lowest BCUT2D eigenvalue weighted by atomic mass is 9.79. The molecule has 12 heteroatoms. The van der Waals surface area contributed by atoms with E-state index in [9.17, 15) is 14.4 Å². The second-order valence-electron chi connectivity index (χ2n) is 15.8. The maximum Gasteiger partial charge on any atom is 0.272 e. The molecule has 3 aromatic carbocycles. The Morgan fingerprint density at radius 2 is 1.95 bits per heavy atom. The number of nitrogens with one attached hydrogen (secondary N) is 1. The second kappa shape index (κ2) is 13.4. The third-order valence-corrected chi connectivity index (χ3v) is 12.3. The van der Waals surface area contributed by atoms with E-state index in [1.807, 2.05) is 31.2 Å². The highest BCUT2D eigenvalue weighted by Gasteiger charge is 2.49. The zero-order valence-corrected chi connectivity index (χ0v) is 31.7. The van der Waals surface area contributed by atoms with Crippen molar-refractivity contribution >= 4 is 38.5 Å². The summed E-state index contributed by atoms with van der Waals surface area (Å²) in [6, 6.07) is 16.7. The second-order valence-corrected chi connectivity index (χ2v) is 15.8. The van der Waals surface area contributed by atoms with Crippen molar-refractivity contribution < 1.29 is 18.3 Å². The van der Waals surface area contributed by atoms with Crippen LogP contribution in [0.4, 0.5) is 8.78 Å². The van der Waals surface area contributed by atoms with Crippen molar-refractivity contribution in [1.29, 1.82) is 5.26 Å². The van der Waals surface area contributed by atoms with Crippen LogP contribution in [0.2, 0.25) is 0 Å². The van der Waals surface area contributed by atoms with Crippen molar-refractivity contribution in [2.45, 2.75) is 63.3 Å². The number of benzene rings is 3. The molecule has 3 saturated heterocycles. The van der Waals surface area contributed by atoms with Crippen LogP contribution in [0.3, 0.4) is 0 Å². The number of hydrogen-bond donors (Lipinski definition) is 1. The molecular formula is C43H44F2N8O2. The molecule has 0 spiro atoms. The summed E-state index contributed by atoms with van der Waals surface area (Å²) in [7, 11) is 7.32. The Morgan fingerprint density at radius 1 is 1.11 bits per heavy atom. The van der Waals surface area contributed by atoms with E-state index < -0.39 is 11.6 Å². The van der Waals surface area contributed by atoms with Crippen LogP contribution in [-0.4, -0.2) is 87.5 Å². The number of rotatable bonds is 9. The number of likely N-dealkylation sites (tertiary alicyclic amines) is 1. The SMILES string of the molecule is CC(Oc1nc2c(F)c(-c3cccc4ccc(F)cc34)c(CCC#N)cc2c2c1cc(-c1cnn(C)c1C(=O)N(C)C)n2[C@H]1[C@H]2CN[C@@H]1C2)[C@@H]1CCCN1C. The van der Waals surface area contributed by atoms with Gasteiger partial charge in [0.05, 0.1) is 34.9 Å². The van der Waals surface area contributed by atoms with Gasteiger partial charge in [-0.3, -0.25) is 14.4 Å². The van der Waals surface area contributed by atoms with Gasteiger partial charge in [0.15, 0.2) is 5.82 Å². The number of carbonyl (C=O) groups excluding carboxylic acids is 1. The molecule has 4 aliphatic rings. The highest BCUT2D eigenvalue weighted by Crippen LogP contribution is 2.51. The number of amides is 1. The molecule has 4 fully saturated rings. The van der Waals surface area contributed by atoms with E-state index in [0.29, 0.717) is 50.5 Å². The van der Waals surface area contributed by atoms with E-state index in [1.54, 1.807) is 49.1 Å². The molecule has 55 heavy (non-hydrogen) atoms. The van der Waals surface area contributed by atoms with Gasteiger partial charge in [-0.1, -0.05) is 24.3 Å². The van der Waals surface area contributed by atoms with Crippen LogP contribution in [0.5, 0.6) is 5.88 Å². The minimum absolute atomic E-state index is 0.0261. The summed E-state index contributed by atoms with van der Waals surface area (Å²) in [6.45, 7) is 3.87. The summed E-state index contributed by atoms with van der Waals surface area (Å²) in [4.78, 5) is 22.6. The van der Waals surface area contributed by atoms with Crippen molar-refractivity contribution in [3.63, 3.8) is 0 Å². The maximum atomic E-state index is 17.9. The number of carbonyl (C=O) groups is 1. The first-order valence-electron chi connectivity index (χ1n) is 19.2. The number of aryl methyl sites for hydroxylation is 2. The zero-order valence-electron chi connectivity index (χ0n) is 31.7. The first-order valence-corrected chi connectivity index (χ1v) is 19.2. The molecule has 1 aliphatic carbocycles. The summed E-state index contributed by atoms with van der Waals surface area (Å²) >= 11 is 0. The van der Waals surface area contributed by atoms with Crippen molar-refractivity contribution in [3.8, 4) is 34.3 Å². The van der Waals surface area contributed by atoms with Crippen LogP contribution in [0, 0.1) is 28.9 Å². The van der Waals surface area contributed by atoms with Gasteiger partial charge in [0.25, 0.3) is 5.91 Å². The van der Waals surface area contributed by atoms with Crippen LogP contribution in [0.15, 0.2) is 54.7 Å². The minimum atomic E-state index is -0.548. The molecule has 6 aromatic rings. The molecular weight excluding hydrogens is 699 g/mol. The molecule has 1 N–H and O–H groups in total. The summed E-state index contributed by atoms with van der Waals surface area (Å²) in [6.07, 6.45) is 4.98. The zero-order chi connectivity index (χ0) is 38.3. The number of nitriles is 1. The predicted molar refractivity (Wildman–Crippen MR) is 209 cm³/mol. The Hall–Kier alpha value is -5.38. The summed E-state index contributed by atoms with van der Waals surface area (Å²) in [5.74, 6) is -0.501. The molecule has 2 bridgehead atoms. The standard InChI is InChI=1S/C43H44F2N8O2/c1-23(34-12-8-16-51(34)4)55-42-31-20-35(32-22-48-52(5)41(32)43(54)50(2)3)53(39-26-18-33(39)47-21-26)40(31)30-17-25(10-7-15-46)36(37(45)38(30)49-42)28-11-6-9-24-13-14-27(44)19-29(24)28/h6,9,11,13-14,17,19-20,22-23,26,33-34,39,47H,7-8,10,12,16,18,21H2,1-5H3/t23?,26-,33-,34+,39+/m1/s1. The third kappa shape index (κ3) is 5.58. The fourth-order valence-electron chi connectivity index (χ4n) is 9.57. The van der Waals surface area contributed by atoms with Gasteiger partial charge in [0, 0.05) is 62.7 Å². The molecule has 1 amide bonds. The van der Waals surface area contributed by atoms with E-state index in [2.05, 4.69) is 33.0 Å². The summed E-state index contributed by atoms with van der Waals surface area (Å²) in [5.41, 5.74) is 4.28. The lowest BCUT2D eigenvalue weighted by molar-refractivity contribution is 0.0817. The Bertz CT molecular complexity index is 2560. The number of aromatic nitrogens is 4. The van der Waals surface area contributed by atoms with Gasteiger partial charge >= 0.3 is 0 Å². The molecule has 5 atom stereocenters. The first-order chi connectivity index (χ1) is 26.5. The Balaban J connectivity index is 1.39. The van der Waals surface area contributed by atoms with Gasteiger partial charge in [-0.15, -0.1) is 0 Å². The average Bonchev–Trinajstić information content (AvgIpc) is 4.01. The summed E-state index contributed by atoms with van der Waals surface area (Å²) < 4.78 is 43.4. The van der Waals surface area contributed by atoms with Gasteiger partial charge < -0.3 is 19.5 Å². The number of pyridine rings is 1. The van der Waals surface area contributed by atoms with Crippen molar-refractivity contribution in [1.82, 2.24) is 34.4 Å². The van der Waals surface area contributed by atoms with E-state index in [4.69, 9.17) is 9.72 Å². The molecule has 10 nitrogen and oxygen atoms in total. The number of nitrogens with zero attached hydrogens (tertiary/aromatic N) is 7. The Kier molecular flexibility index (Phi) is 8.62. The quantitative estimate of drug-likeness (QED) is 0.167. The van der Waals surface area contributed by atoms with Crippen molar-refractivity contribution in [2.75, 3.05) is 34.2 Å². The highest BCUT2D eigenvalue weighted by molar-refractivity contribution is 6.12. The number of likely N-dealkylation sites (N-methyl/N-ethyl adjacent to an activating group) is 1. The van der Waals surface area contributed by atoms with Crippen LogP contribution in [0.1, 0.15) is 54.7 Å².